The third-order valence-corrected chi connectivity index (χ3v) is 3.39. The maximum atomic E-state index is 11.8. The Morgan fingerprint density at radius 3 is 2.82 bits per heavy atom. The van der Waals surface area contributed by atoms with Crippen LogP contribution in [0.5, 0.6) is 0 Å². The van der Waals surface area contributed by atoms with E-state index in [-0.39, 0.29) is 17.7 Å². The summed E-state index contributed by atoms with van der Waals surface area (Å²) in [5, 5.41) is -0.285. The van der Waals surface area contributed by atoms with Gasteiger partial charge in [0.2, 0.25) is 0 Å². The minimum absolute atomic E-state index is 0.226. The lowest BCUT2D eigenvalue weighted by Crippen LogP contribution is -2.27. The highest BCUT2D eigenvalue weighted by Crippen LogP contribution is 2.32. The predicted molar refractivity (Wildman–Crippen MR) is 69.3 cm³/mol. The smallest absolute Gasteiger partial charge is 0.293 e. The summed E-state index contributed by atoms with van der Waals surface area (Å²) in [7, 11) is 0. The number of nitrogens with zero attached hydrogens (tertiary/aromatic N) is 1. The zero-order chi connectivity index (χ0) is 12.4. The SMILES string of the molecule is C=CCN1C(=O)S/C(=C/c2ccc(Br)o2)C1=O. The van der Waals surface area contributed by atoms with Crippen molar-refractivity contribution in [2.45, 2.75) is 0 Å². The fraction of sp³-hybridized carbons (Fsp3) is 0.0909. The van der Waals surface area contributed by atoms with Crippen LogP contribution in [0.1, 0.15) is 5.76 Å². The summed E-state index contributed by atoms with van der Waals surface area (Å²) in [5.74, 6) is 0.216. The summed E-state index contributed by atoms with van der Waals surface area (Å²) in [6, 6.07) is 3.44. The number of hydrogen-bond acceptors (Lipinski definition) is 4. The second-order valence-corrected chi connectivity index (χ2v) is 5.00. The van der Waals surface area contributed by atoms with Gasteiger partial charge in [0, 0.05) is 12.6 Å². The lowest BCUT2D eigenvalue weighted by molar-refractivity contribution is -0.122. The van der Waals surface area contributed by atoms with E-state index in [1.807, 2.05) is 0 Å². The second-order valence-electron chi connectivity index (χ2n) is 3.22. The van der Waals surface area contributed by atoms with Crippen LogP contribution in [-0.4, -0.2) is 22.6 Å². The Labute approximate surface area is 110 Å². The van der Waals surface area contributed by atoms with Crippen molar-refractivity contribution in [3.63, 3.8) is 0 Å². The summed E-state index contributed by atoms with van der Waals surface area (Å²) < 4.78 is 5.83. The largest absolute Gasteiger partial charge is 0.450 e. The van der Waals surface area contributed by atoms with Crippen molar-refractivity contribution in [2.24, 2.45) is 0 Å². The van der Waals surface area contributed by atoms with Gasteiger partial charge in [-0.05, 0) is 39.8 Å². The zero-order valence-corrected chi connectivity index (χ0v) is 11.1. The fourth-order valence-electron chi connectivity index (χ4n) is 1.32. The third-order valence-electron chi connectivity index (χ3n) is 2.05. The maximum Gasteiger partial charge on any atom is 0.293 e. The first-order chi connectivity index (χ1) is 8.11. The lowest BCUT2D eigenvalue weighted by atomic mass is 10.3. The van der Waals surface area contributed by atoms with Crippen LogP contribution in [0.4, 0.5) is 4.79 Å². The molecule has 2 amide bonds. The number of imide groups is 1. The zero-order valence-electron chi connectivity index (χ0n) is 8.68. The molecule has 1 aliphatic heterocycles. The summed E-state index contributed by atoms with van der Waals surface area (Å²) in [5.41, 5.74) is 0. The first-order valence-electron chi connectivity index (χ1n) is 4.73. The monoisotopic (exact) mass is 313 g/mol. The molecule has 1 fully saturated rings. The van der Waals surface area contributed by atoms with E-state index < -0.39 is 0 Å². The third kappa shape index (κ3) is 2.53. The van der Waals surface area contributed by atoms with E-state index in [1.165, 1.54) is 6.08 Å². The van der Waals surface area contributed by atoms with Crippen molar-refractivity contribution in [3.8, 4) is 0 Å². The number of hydrogen-bond donors (Lipinski definition) is 0. The van der Waals surface area contributed by atoms with E-state index in [2.05, 4.69) is 22.5 Å². The van der Waals surface area contributed by atoms with E-state index in [0.29, 0.717) is 15.3 Å². The van der Waals surface area contributed by atoms with Gasteiger partial charge in [-0.1, -0.05) is 6.08 Å². The summed E-state index contributed by atoms with van der Waals surface area (Å²) in [6.45, 7) is 3.73. The van der Waals surface area contributed by atoms with E-state index in [4.69, 9.17) is 4.42 Å². The molecule has 0 aliphatic carbocycles. The molecule has 0 bridgehead atoms. The molecule has 2 rings (SSSR count). The van der Waals surface area contributed by atoms with Crippen LogP contribution in [0.2, 0.25) is 0 Å². The summed E-state index contributed by atoms with van der Waals surface area (Å²) >= 11 is 4.07. The van der Waals surface area contributed by atoms with Gasteiger partial charge in [-0.15, -0.1) is 6.58 Å². The minimum Gasteiger partial charge on any atom is -0.450 e. The predicted octanol–water partition coefficient (Wildman–Crippen LogP) is 3.26. The molecule has 0 saturated carbocycles. The second kappa shape index (κ2) is 4.93. The van der Waals surface area contributed by atoms with Crippen LogP contribution in [0.3, 0.4) is 0 Å². The standard InChI is InChI=1S/C11H8BrNO3S/c1-2-5-13-10(14)8(17-11(13)15)6-7-3-4-9(12)16-7/h2-4,6H,1,5H2/b8-6+. The quantitative estimate of drug-likeness (QED) is 0.635. The van der Waals surface area contributed by atoms with E-state index in [0.717, 1.165) is 16.7 Å². The Morgan fingerprint density at radius 1 is 1.47 bits per heavy atom. The van der Waals surface area contributed by atoms with Crippen molar-refractivity contribution in [1.29, 1.82) is 0 Å². The van der Waals surface area contributed by atoms with Crippen molar-refractivity contribution in [3.05, 3.63) is 40.1 Å². The first kappa shape index (κ1) is 12.2. The number of furan rings is 1. The van der Waals surface area contributed by atoms with Gasteiger partial charge in [-0.25, -0.2) is 0 Å². The van der Waals surface area contributed by atoms with Gasteiger partial charge in [0.25, 0.3) is 11.1 Å². The molecule has 6 heteroatoms. The molecule has 0 unspecified atom stereocenters. The van der Waals surface area contributed by atoms with Crippen molar-refractivity contribution in [2.75, 3.05) is 6.54 Å². The Hall–Kier alpha value is -1.27. The Kier molecular flexibility index (Phi) is 3.54. The van der Waals surface area contributed by atoms with E-state index >= 15 is 0 Å². The molecule has 88 valence electrons. The Balaban J connectivity index is 2.24. The normalized spacial score (nSPS) is 18.2. The molecule has 0 N–H and O–H groups in total. The highest BCUT2D eigenvalue weighted by atomic mass is 79.9. The van der Waals surface area contributed by atoms with Gasteiger partial charge in [0.15, 0.2) is 4.67 Å². The van der Waals surface area contributed by atoms with Gasteiger partial charge < -0.3 is 4.42 Å². The summed E-state index contributed by atoms with van der Waals surface area (Å²) in [6.07, 6.45) is 3.07. The molecule has 17 heavy (non-hydrogen) atoms. The molecule has 2 heterocycles. The molecule has 1 aromatic heterocycles. The van der Waals surface area contributed by atoms with Crippen LogP contribution in [0.15, 0.2) is 38.8 Å². The number of rotatable bonds is 3. The molecule has 1 aliphatic rings. The van der Waals surface area contributed by atoms with Crippen molar-refractivity contribution in [1.82, 2.24) is 4.90 Å². The molecule has 0 radical (unpaired) electrons. The fourth-order valence-corrected chi connectivity index (χ4v) is 2.47. The molecular formula is C11H8BrNO3S. The lowest BCUT2D eigenvalue weighted by Gasteiger charge is -2.07. The highest BCUT2D eigenvalue weighted by molar-refractivity contribution is 9.10. The molecule has 0 spiro atoms. The average Bonchev–Trinajstić information content (AvgIpc) is 2.79. The Morgan fingerprint density at radius 2 is 2.24 bits per heavy atom. The van der Waals surface area contributed by atoms with Gasteiger partial charge >= 0.3 is 0 Å². The summed E-state index contributed by atoms with van der Waals surface area (Å²) in [4.78, 5) is 24.9. The first-order valence-corrected chi connectivity index (χ1v) is 6.34. The number of halogens is 1. The number of carbonyl (C=O) groups excluding carboxylic acids is 2. The van der Waals surface area contributed by atoms with Crippen molar-refractivity contribution >= 4 is 44.9 Å². The van der Waals surface area contributed by atoms with Crippen LogP contribution in [-0.2, 0) is 4.79 Å². The maximum absolute atomic E-state index is 11.8. The molecule has 0 aromatic carbocycles. The molecular weight excluding hydrogens is 306 g/mol. The number of carbonyl (C=O) groups is 2. The minimum atomic E-state index is -0.313. The van der Waals surface area contributed by atoms with Crippen LogP contribution < -0.4 is 0 Å². The molecule has 1 aromatic rings. The van der Waals surface area contributed by atoms with E-state index in [9.17, 15) is 9.59 Å². The van der Waals surface area contributed by atoms with Gasteiger partial charge in [0.1, 0.15) is 5.76 Å². The Bertz CT molecular complexity index is 521. The molecule has 4 nitrogen and oxygen atoms in total. The molecule has 1 saturated heterocycles. The van der Waals surface area contributed by atoms with Crippen LogP contribution in [0, 0.1) is 0 Å². The van der Waals surface area contributed by atoms with Crippen molar-refractivity contribution < 1.29 is 14.0 Å². The average molecular weight is 314 g/mol. The van der Waals surface area contributed by atoms with Gasteiger partial charge in [-0.2, -0.15) is 0 Å². The number of amides is 2. The topological polar surface area (TPSA) is 50.5 Å². The number of thioether (sulfide) groups is 1. The molecule has 0 atom stereocenters. The van der Waals surface area contributed by atoms with E-state index in [1.54, 1.807) is 18.2 Å². The van der Waals surface area contributed by atoms with Crippen LogP contribution in [0.25, 0.3) is 6.08 Å². The van der Waals surface area contributed by atoms with Gasteiger partial charge in [0.05, 0.1) is 4.91 Å². The van der Waals surface area contributed by atoms with Crippen LogP contribution >= 0.6 is 27.7 Å². The highest BCUT2D eigenvalue weighted by Gasteiger charge is 2.34. The van der Waals surface area contributed by atoms with Gasteiger partial charge in [-0.3, -0.25) is 14.5 Å².